The van der Waals surface area contributed by atoms with Crippen LogP contribution in [0.15, 0.2) is 54.6 Å². The van der Waals surface area contributed by atoms with Gasteiger partial charge < -0.3 is 10.7 Å². The van der Waals surface area contributed by atoms with Gasteiger partial charge in [0.1, 0.15) is 0 Å². The third kappa shape index (κ3) is 1.91. The number of benzene rings is 1. The minimum atomic E-state index is -0.123. The number of nitrogens with one attached hydrogen (secondary N) is 1. The lowest BCUT2D eigenvalue weighted by atomic mass is 10.1. The Labute approximate surface area is 83.5 Å². The van der Waals surface area contributed by atoms with Gasteiger partial charge >= 0.3 is 0 Å². The molecule has 0 fully saturated rings. The Morgan fingerprint density at radius 1 is 1.07 bits per heavy atom. The van der Waals surface area contributed by atoms with Gasteiger partial charge in [-0.15, -0.1) is 5.69 Å². The Kier molecular flexibility index (Phi) is 2.45. The van der Waals surface area contributed by atoms with Gasteiger partial charge in [0.15, 0.2) is 0 Å². The molecule has 0 saturated carbocycles. The smallest absolute Gasteiger partial charge is 0.0206 e. The molecule has 1 aliphatic rings. The minimum Gasteiger partial charge on any atom is -0.674 e. The zero-order chi connectivity index (χ0) is 9.80. The molecule has 1 unspecified atom stereocenters. The number of hydrogen-bond acceptors (Lipinski definition) is 1. The lowest BCUT2D eigenvalue weighted by molar-refractivity contribution is 1.21. The highest BCUT2D eigenvalue weighted by Crippen LogP contribution is 2.23. The standard InChI is InChI=1S/C12H11N2/c13-11-8-4-5-9-12(11)14-10-6-2-1-3-7-10/h1-9,12-13H/q-1. The van der Waals surface area contributed by atoms with E-state index in [2.05, 4.69) is 5.32 Å². The van der Waals surface area contributed by atoms with Gasteiger partial charge in [-0.05, 0) is 6.08 Å². The highest BCUT2D eigenvalue weighted by Gasteiger charge is 2.00. The average molecular weight is 183 g/mol. The second-order valence-electron chi connectivity index (χ2n) is 3.11. The van der Waals surface area contributed by atoms with Crippen molar-refractivity contribution in [2.75, 3.05) is 0 Å². The molecule has 1 atom stereocenters. The zero-order valence-electron chi connectivity index (χ0n) is 7.72. The van der Waals surface area contributed by atoms with E-state index in [1.807, 2.05) is 48.6 Å². The van der Waals surface area contributed by atoms with E-state index < -0.39 is 0 Å². The third-order valence-corrected chi connectivity index (χ3v) is 2.04. The Morgan fingerprint density at radius 3 is 2.57 bits per heavy atom. The number of hydrogen-bond donors (Lipinski definition) is 1. The van der Waals surface area contributed by atoms with E-state index in [4.69, 9.17) is 5.41 Å². The van der Waals surface area contributed by atoms with Gasteiger partial charge in [-0.1, -0.05) is 54.6 Å². The van der Waals surface area contributed by atoms with Crippen molar-refractivity contribution in [2.24, 2.45) is 0 Å². The Bertz CT molecular complexity index is 377. The molecule has 0 amide bonds. The Morgan fingerprint density at radius 2 is 1.86 bits per heavy atom. The summed E-state index contributed by atoms with van der Waals surface area (Å²) < 4.78 is 0. The van der Waals surface area contributed by atoms with Crippen LogP contribution in [0.4, 0.5) is 5.69 Å². The number of para-hydroxylation sites is 1. The summed E-state index contributed by atoms with van der Waals surface area (Å²) in [7, 11) is 0. The summed E-state index contributed by atoms with van der Waals surface area (Å²) in [5.74, 6) is 0. The molecule has 0 aliphatic heterocycles. The van der Waals surface area contributed by atoms with Crippen LogP contribution in [0, 0.1) is 5.41 Å². The molecule has 1 aromatic carbocycles. The predicted molar refractivity (Wildman–Crippen MR) is 59.3 cm³/mol. The molecule has 2 rings (SSSR count). The fourth-order valence-corrected chi connectivity index (χ4v) is 1.32. The molecule has 0 bridgehead atoms. The maximum absolute atomic E-state index is 7.66. The lowest BCUT2D eigenvalue weighted by Gasteiger charge is -2.31. The van der Waals surface area contributed by atoms with Crippen LogP contribution in [0.25, 0.3) is 5.32 Å². The van der Waals surface area contributed by atoms with Gasteiger partial charge in [0.25, 0.3) is 0 Å². The zero-order valence-corrected chi connectivity index (χ0v) is 7.72. The van der Waals surface area contributed by atoms with Crippen LogP contribution in [0.3, 0.4) is 0 Å². The second kappa shape index (κ2) is 3.92. The van der Waals surface area contributed by atoms with Crippen molar-refractivity contribution in [3.63, 3.8) is 0 Å². The van der Waals surface area contributed by atoms with Gasteiger partial charge in [-0.2, -0.15) is 0 Å². The van der Waals surface area contributed by atoms with Crippen LogP contribution >= 0.6 is 0 Å². The van der Waals surface area contributed by atoms with Crippen LogP contribution in [0.2, 0.25) is 0 Å². The topological polar surface area (TPSA) is 38.0 Å². The summed E-state index contributed by atoms with van der Waals surface area (Å²) in [5.41, 5.74) is 1.46. The van der Waals surface area contributed by atoms with Crippen molar-refractivity contribution in [1.29, 1.82) is 5.41 Å². The maximum Gasteiger partial charge on any atom is 0.0206 e. The summed E-state index contributed by atoms with van der Waals surface area (Å²) >= 11 is 0. The van der Waals surface area contributed by atoms with Crippen molar-refractivity contribution >= 4 is 11.4 Å². The summed E-state index contributed by atoms with van der Waals surface area (Å²) in [4.78, 5) is 0. The van der Waals surface area contributed by atoms with Gasteiger partial charge in [0.2, 0.25) is 0 Å². The van der Waals surface area contributed by atoms with Crippen molar-refractivity contribution in [2.45, 2.75) is 6.04 Å². The normalized spacial score (nSPS) is 19.7. The van der Waals surface area contributed by atoms with E-state index in [-0.39, 0.29) is 6.04 Å². The Balaban J connectivity index is 2.09. The molecule has 2 heteroatoms. The van der Waals surface area contributed by atoms with Crippen molar-refractivity contribution in [1.82, 2.24) is 0 Å². The molecule has 70 valence electrons. The monoisotopic (exact) mass is 183 g/mol. The van der Waals surface area contributed by atoms with Gasteiger partial charge in [-0.3, -0.25) is 0 Å². The highest BCUT2D eigenvalue weighted by molar-refractivity contribution is 6.02. The van der Waals surface area contributed by atoms with E-state index in [9.17, 15) is 0 Å². The Hall–Kier alpha value is -1.83. The largest absolute Gasteiger partial charge is 0.674 e. The van der Waals surface area contributed by atoms with E-state index in [0.29, 0.717) is 5.71 Å². The van der Waals surface area contributed by atoms with Gasteiger partial charge in [-0.25, -0.2) is 0 Å². The maximum atomic E-state index is 7.66. The first-order chi connectivity index (χ1) is 6.86. The van der Waals surface area contributed by atoms with Gasteiger partial charge in [0, 0.05) is 5.71 Å². The molecule has 0 spiro atoms. The fraction of sp³-hybridized carbons (Fsp3) is 0.0833. The summed E-state index contributed by atoms with van der Waals surface area (Å²) in [6.07, 6.45) is 7.49. The summed E-state index contributed by atoms with van der Waals surface area (Å²) in [6, 6.07) is 9.62. The number of rotatable bonds is 2. The molecule has 1 aliphatic carbocycles. The SMILES string of the molecule is N=C1C=CC=CC1[N-]c1ccccc1. The fourth-order valence-electron chi connectivity index (χ4n) is 1.32. The average Bonchev–Trinajstić information content (AvgIpc) is 2.23. The quantitative estimate of drug-likeness (QED) is 0.731. The summed E-state index contributed by atoms with van der Waals surface area (Å²) in [6.45, 7) is 0. The molecular formula is C12H11N2-. The number of nitrogens with zero attached hydrogens (tertiary/aromatic N) is 1. The van der Waals surface area contributed by atoms with E-state index >= 15 is 0 Å². The molecule has 0 aromatic heterocycles. The van der Waals surface area contributed by atoms with Gasteiger partial charge in [0.05, 0.1) is 0 Å². The van der Waals surface area contributed by atoms with E-state index in [1.165, 1.54) is 0 Å². The molecule has 0 saturated heterocycles. The molecule has 0 heterocycles. The van der Waals surface area contributed by atoms with Crippen molar-refractivity contribution in [3.8, 4) is 0 Å². The molecule has 14 heavy (non-hydrogen) atoms. The summed E-state index contributed by atoms with van der Waals surface area (Å²) in [5, 5.41) is 12.1. The highest BCUT2D eigenvalue weighted by atomic mass is 14.9. The third-order valence-electron chi connectivity index (χ3n) is 2.04. The van der Waals surface area contributed by atoms with E-state index in [1.54, 1.807) is 6.08 Å². The second-order valence-corrected chi connectivity index (χ2v) is 3.11. The minimum absolute atomic E-state index is 0.123. The van der Waals surface area contributed by atoms with Crippen LogP contribution < -0.4 is 0 Å². The molecule has 1 aromatic rings. The molecule has 2 nitrogen and oxygen atoms in total. The van der Waals surface area contributed by atoms with Crippen LogP contribution in [0.1, 0.15) is 0 Å². The molecular weight excluding hydrogens is 172 g/mol. The van der Waals surface area contributed by atoms with Crippen molar-refractivity contribution in [3.05, 3.63) is 60.0 Å². The molecule has 1 N–H and O–H groups in total. The van der Waals surface area contributed by atoms with Crippen LogP contribution in [-0.4, -0.2) is 11.8 Å². The van der Waals surface area contributed by atoms with Crippen LogP contribution in [-0.2, 0) is 0 Å². The first kappa shape index (κ1) is 8.75. The lowest BCUT2D eigenvalue weighted by Crippen LogP contribution is -2.14. The van der Waals surface area contributed by atoms with Crippen molar-refractivity contribution < 1.29 is 0 Å². The first-order valence-corrected chi connectivity index (χ1v) is 4.55. The first-order valence-electron chi connectivity index (χ1n) is 4.55. The number of allylic oxidation sites excluding steroid dienone is 2. The predicted octanol–water partition coefficient (Wildman–Crippen LogP) is 3.21. The van der Waals surface area contributed by atoms with Crippen LogP contribution in [0.5, 0.6) is 0 Å². The molecule has 0 radical (unpaired) electrons. The van der Waals surface area contributed by atoms with E-state index in [0.717, 1.165) is 5.69 Å².